The number of hydrogen-bond donors (Lipinski definition) is 1. The number of rotatable bonds is 2. The molecule has 8 heteroatoms. The minimum absolute atomic E-state index is 0.0343. The second-order valence-electron chi connectivity index (χ2n) is 4.85. The summed E-state index contributed by atoms with van der Waals surface area (Å²) in [4.78, 5) is 4.04. The molecule has 4 rings (SSSR count). The molecule has 0 amide bonds. The highest BCUT2D eigenvalue weighted by Crippen LogP contribution is 2.33. The Labute approximate surface area is 109 Å². The van der Waals surface area contributed by atoms with E-state index in [1.54, 1.807) is 18.3 Å². The van der Waals surface area contributed by atoms with Gasteiger partial charge in [0.1, 0.15) is 0 Å². The van der Waals surface area contributed by atoms with E-state index in [2.05, 4.69) is 15.2 Å². The molecule has 2 aromatic rings. The van der Waals surface area contributed by atoms with Gasteiger partial charge in [-0.25, -0.2) is 13.4 Å². The number of hydrogen-bond acceptors (Lipinski definition) is 5. The van der Waals surface area contributed by atoms with Gasteiger partial charge in [0.15, 0.2) is 10.7 Å². The third-order valence-electron chi connectivity index (χ3n) is 3.71. The van der Waals surface area contributed by atoms with Crippen molar-refractivity contribution in [3.8, 4) is 0 Å². The normalized spacial score (nSPS) is 27.4. The minimum atomic E-state index is -3.56. The van der Waals surface area contributed by atoms with Gasteiger partial charge in [0, 0.05) is 12.7 Å². The Kier molecular flexibility index (Phi) is 2.23. The van der Waals surface area contributed by atoms with Gasteiger partial charge in [-0.1, -0.05) is 0 Å². The molecule has 7 nitrogen and oxygen atoms in total. The minimum Gasteiger partial charge on any atom is -0.375 e. The van der Waals surface area contributed by atoms with E-state index < -0.39 is 10.0 Å². The van der Waals surface area contributed by atoms with Crippen molar-refractivity contribution < 1.29 is 13.2 Å². The van der Waals surface area contributed by atoms with Crippen LogP contribution in [0, 0.1) is 0 Å². The maximum atomic E-state index is 12.7. The van der Waals surface area contributed by atoms with Crippen LogP contribution >= 0.6 is 0 Å². The summed E-state index contributed by atoms with van der Waals surface area (Å²) in [5.41, 5.74) is 0.418. The number of aromatic nitrogens is 3. The standard InChI is InChI=1S/C11H12N4O3S/c16-19(17,15-5-8-4-7(15)6-18-8)11-9-2-1-3-12-10(9)13-14-11/h1-3,7-8H,4-6H2,(H,12,13,14)/t7-,8-/m1/s1. The molecule has 2 atom stereocenters. The van der Waals surface area contributed by atoms with Crippen LogP contribution < -0.4 is 0 Å². The quantitative estimate of drug-likeness (QED) is 0.844. The third-order valence-corrected chi connectivity index (χ3v) is 5.60. The number of H-pyrrole nitrogens is 1. The van der Waals surface area contributed by atoms with Gasteiger partial charge in [-0.2, -0.15) is 9.40 Å². The zero-order chi connectivity index (χ0) is 13.0. The van der Waals surface area contributed by atoms with Crippen LogP contribution in [0.1, 0.15) is 6.42 Å². The molecule has 100 valence electrons. The molecule has 2 fully saturated rings. The lowest BCUT2D eigenvalue weighted by atomic mass is 10.3. The molecule has 0 aromatic carbocycles. The third kappa shape index (κ3) is 1.54. The Morgan fingerprint density at radius 1 is 1.47 bits per heavy atom. The topological polar surface area (TPSA) is 88.2 Å². The Morgan fingerprint density at radius 2 is 2.37 bits per heavy atom. The number of fused-ring (bicyclic) bond motifs is 3. The molecule has 2 aliphatic heterocycles. The summed E-state index contributed by atoms with van der Waals surface area (Å²) < 4.78 is 32.3. The second-order valence-corrected chi connectivity index (χ2v) is 6.67. The highest BCUT2D eigenvalue weighted by molar-refractivity contribution is 7.89. The van der Waals surface area contributed by atoms with Crippen molar-refractivity contribution in [3.05, 3.63) is 18.3 Å². The van der Waals surface area contributed by atoms with E-state index in [1.165, 1.54) is 4.31 Å². The molecule has 2 aromatic heterocycles. The number of aromatic amines is 1. The van der Waals surface area contributed by atoms with Gasteiger partial charge in [-0.15, -0.1) is 0 Å². The summed E-state index contributed by atoms with van der Waals surface area (Å²) in [6.07, 6.45) is 2.40. The molecule has 0 aliphatic carbocycles. The van der Waals surface area contributed by atoms with E-state index in [4.69, 9.17) is 4.74 Å². The van der Waals surface area contributed by atoms with Crippen molar-refractivity contribution >= 4 is 21.1 Å². The van der Waals surface area contributed by atoms with Crippen molar-refractivity contribution in [2.45, 2.75) is 23.6 Å². The lowest BCUT2D eigenvalue weighted by Gasteiger charge is -2.25. The van der Waals surface area contributed by atoms with Gasteiger partial charge in [0.2, 0.25) is 0 Å². The highest BCUT2D eigenvalue weighted by atomic mass is 32.2. The van der Waals surface area contributed by atoms with Gasteiger partial charge < -0.3 is 4.74 Å². The maximum absolute atomic E-state index is 12.7. The highest BCUT2D eigenvalue weighted by Gasteiger charge is 2.46. The van der Waals surface area contributed by atoms with Gasteiger partial charge >= 0.3 is 0 Å². The lowest BCUT2D eigenvalue weighted by Crippen LogP contribution is -2.41. The molecular weight excluding hydrogens is 268 g/mol. The van der Waals surface area contributed by atoms with Crippen molar-refractivity contribution in [1.29, 1.82) is 0 Å². The zero-order valence-corrected chi connectivity index (χ0v) is 10.8. The summed E-state index contributed by atoms with van der Waals surface area (Å²) in [5, 5.41) is 7.21. The van der Waals surface area contributed by atoms with Crippen molar-refractivity contribution in [3.63, 3.8) is 0 Å². The van der Waals surface area contributed by atoms with Crippen LogP contribution in [0.3, 0.4) is 0 Å². The van der Waals surface area contributed by atoms with E-state index >= 15 is 0 Å². The number of ether oxygens (including phenoxy) is 1. The summed E-state index contributed by atoms with van der Waals surface area (Å²) in [6, 6.07) is 3.37. The predicted octanol–water partition coefficient (Wildman–Crippen LogP) is 0.120. The number of pyridine rings is 1. The number of nitrogens with one attached hydrogen (secondary N) is 1. The molecule has 0 unspecified atom stereocenters. The smallest absolute Gasteiger partial charge is 0.261 e. The first-order chi connectivity index (χ1) is 9.16. The molecule has 19 heavy (non-hydrogen) atoms. The predicted molar refractivity (Wildman–Crippen MR) is 65.9 cm³/mol. The molecule has 2 bridgehead atoms. The molecule has 2 saturated heterocycles. The largest absolute Gasteiger partial charge is 0.375 e. The first-order valence-electron chi connectivity index (χ1n) is 6.09. The lowest BCUT2D eigenvalue weighted by molar-refractivity contribution is 0.0608. The van der Waals surface area contributed by atoms with E-state index in [-0.39, 0.29) is 17.2 Å². The Bertz CT molecular complexity index is 741. The number of nitrogens with zero attached hydrogens (tertiary/aromatic N) is 3. The molecule has 0 saturated carbocycles. The Balaban J connectivity index is 1.83. The van der Waals surface area contributed by atoms with Crippen LogP contribution in [-0.2, 0) is 14.8 Å². The van der Waals surface area contributed by atoms with Crippen LogP contribution in [0.5, 0.6) is 0 Å². The van der Waals surface area contributed by atoms with Crippen LogP contribution in [0.25, 0.3) is 11.0 Å². The Morgan fingerprint density at radius 3 is 3.11 bits per heavy atom. The fourth-order valence-corrected chi connectivity index (χ4v) is 4.53. The van der Waals surface area contributed by atoms with Crippen molar-refractivity contribution in [2.75, 3.05) is 13.2 Å². The first kappa shape index (κ1) is 11.3. The average molecular weight is 280 g/mol. The number of morpholine rings is 1. The molecule has 0 radical (unpaired) electrons. The number of sulfonamides is 1. The van der Waals surface area contributed by atoms with Crippen molar-refractivity contribution in [2.24, 2.45) is 0 Å². The van der Waals surface area contributed by atoms with Crippen LogP contribution in [0.2, 0.25) is 0 Å². The molecular formula is C11H12N4O3S. The van der Waals surface area contributed by atoms with Gasteiger partial charge in [0.25, 0.3) is 10.0 Å². The van der Waals surface area contributed by atoms with Crippen LogP contribution in [0.4, 0.5) is 0 Å². The van der Waals surface area contributed by atoms with Gasteiger partial charge in [-0.05, 0) is 18.6 Å². The summed E-state index contributed by atoms with van der Waals surface area (Å²) in [7, 11) is -3.56. The summed E-state index contributed by atoms with van der Waals surface area (Å²) >= 11 is 0. The molecule has 2 aliphatic rings. The van der Waals surface area contributed by atoms with E-state index in [0.29, 0.717) is 24.2 Å². The summed E-state index contributed by atoms with van der Waals surface area (Å²) in [5.74, 6) is 0. The van der Waals surface area contributed by atoms with Crippen LogP contribution in [0.15, 0.2) is 23.4 Å². The van der Waals surface area contributed by atoms with Crippen LogP contribution in [-0.4, -0.2) is 53.2 Å². The van der Waals surface area contributed by atoms with E-state index in [0.717, 1.165) is 6.42 Å². The van der Waals surface area contributed by atoms with Crippen molar-refractivity contribution in [1.82, 2.24) is 19.5 Å². The molecule has 0 spiro atoms. The van der Waals surface area contributed by atoms with Gasteiger partial charge in [-0.3, -0.25) is 5.10 Å². The fraction of sp³-hybridized carbons (Fsp3) is 0.455. The van der Waals surface area contributed by atoms with E-state index in [9.17, 15) is 8.42 Å². The second kappa shape index (κ2) is 3.75. The molecule has 1 N–H and O–H groups in total. The van der Waals surface area contributed by atoms with E-state index in [1.807, 2.05) is 0 Å². The van der Waals surface area contributed by atoms with Gasteiger partial charge in [0.05, 0.1) is 24.1 Å². The molecule has 4 heterocycles. The monoisotopic (exact) mass is 280 g/mol. The first-order valence-corrected chi connectivity index (χ1v) is 7.53. The SMILES string of the molecule is O=S(=O)(c1[nH]nc2ncccc12)N1C[C@H]2C[C@@H]1CO2. The summed E-state index contributed by atoms with van der Waals surface area (Å²) in [6.45, 7) is 0.905. The Hall–Kier alpha value is -1.51. The average Bonchev–Trinajstić information content (AvgIpc) is 3.13. The zero-order valence-electron chi connectivity index (χ0n) is 9.98. The fourth-order valence-electron chi connectivity index (χ4n) is 2.80. The maximum Gasteiger partial charge on any atom is 0.261 e.